The minimum Gasteiger partial charge on any atom is -0.460 e. The van der Waals surface area contributed by atoms with E-state index in [1.54, 1.807) is 6.92 Å². The highest BCUT2D eigenvalue weighted by Crippen LogP contribution is 2.26. The molecule has 0 radical (unpaired) electrons. The van der Waals surface area contributed by atoms with Gasteiger partial charge in [-0.15, -0.1) is 0 Å². The molecule has 1 aliphatic rings. The van der Waals surface area contributed by atoms with Gasteiger partial charge in [-0.3, -0.25) is 0 Å². The zero-order valence-electron chi connectivity index (χ0n) is 11.7. The van der Waals surface area contributed by atoms with Gasteiger partial charge in [-0.2, -0.15) is 0 Å². The van der Waals surface area contributed by atoms with Gasteiger partial charge in [0.2, 0.25) is 0 Å². The molecule has 2 rings (SSSR count). The van der Waals surface area contributed by atoms with Crippen molar-refractivity contribution in [2.24, 2.45) is 5.92 Å². The topological polar surface area (TPSA) is 64.4 Å². The Balaban J connectivity index is 1.98. The minimum absolute atomic E-state index is 0.190. The summed E-state index contributed by atoms with van der Waals surface area (Å²) in [5.74, 6) is 0.419. The van der Waals surface area contributed by atoms with Crippen LogP contribution in [0.3, 0.4) is 0 Å². The highest BCUT2D eigenvalue weighted by Gasteiger charge is 2.22. The molecule has 0 bridgehead atoms. The number of ether oxygens (including phenoxy) is 1. The molecule has 1 aromatic heterocycles. The van der Waals surface area contributed by atoms with Gasteiger partial charge >= 0.3 is 5.97 Å². The molecule has 0 atom stereocenters. The normalized spacial score (nSPS) is 16.3. The lowest BCUT2D eigenvalue weighted by Gasteiger charge is -2.22. The third kappa shape index (κ3) is 3.49. The Morgan fingerprint density at radius 1 is 1.42 bits per heavy atom. The van der Waals surface area contributed by atoms with Crippen molar-refractivity contribution in [1.29, 1.82) is 0 Å². The predicted molar refractivity (Wildman–Crippen MR) is 72.3 cm³/mol. The highest BCUT2D eigenvalue weighted by atomic mass is 16.6. The standard InChI is InChI=1S/C14H22N2O3/c1-3-18-14(17)13-12(10(2)16-19-13)15-9-11-7-5-4-6-8-11/h11,15H,3-9H2,1-2H3. The summed E-state index contributed by atoms with van der Waals surface area (Å²) in [6.45, 7) is 4.81. The van der Waals surface area contributed by atoms with Crippen molar-refractivity contribution >= 4 is 11.7 Å². The smallest absolute Gasteiger partial charge is 0.379 e. The molecule has 106 valence electrons. The molecule has 0 saturated heterocycles. The van der Waals surface area contributed by atoms with Gasteiger partial charge in [0.15, 0.2) is 0 Å². The molecule has 0 aromatic carbocycles. The third-order valence-corrected chi connectivity index (χ3v) is 3.62. The lowest BCUT2D eigenvalue weighted by Crippen LogP contribution is -2.18. The first-order valence-electron chi connectivity index (χ1n) is 7.09. The van der Waals surface area contributed by atoms with Gasteiger partial charge in [0, 0.05) is 6.54 Å². The lowest BCUT2D eigenvalue weighted by molar-refractivity contribution is 0.0481. The van der Waals surface area contributed by atoms with E-state index in [-0.39, 0.29) is 5.76 Å². The Kier molecular flexibility index (Phi) is 4.82. The molecule has 5 heteroatoms. The van der Waals surface area contributed by atoms with Crippen LogP contribution < -0.4 is 5.32 Å². The van der Waals surface area contributed by atoms with Gasteiger partial charge in [0.05, 0.1) is 6.61 Å². The monoisotopic (exact) mass is 266 g/mol. The summed E-state index contributed by atoms with van der Waals surface area (Å²) in [5.41, 5.74) is 1.39. The van der Waals surface area contributed by atoms with Gasteiger partial charge < -0.3 is 14.6 Å². The fourth-order valence-corrected chi connectivity index (χ4v) is 2.55. The Bertz CT molecular complexity index is 422. The molecular weight excluding hydrogens is 244 g/mol. The highest BCUT2D eigenvalue weighted by molar-refractivity contribution is 5.92. The first-order chi connectivity index (χ1) is 9.22. The summed E-state index contributed by atoms with van der Waals surface area (Å²) in [6, 6.07) is 0. The third-order valence-electron chi connectivity index (χ3n) is 3.62. The van der Waals surface area contributed by atoms with E-state index in [9.17, 15) is 4.79 Å². The summed E-state index contributed by atoms with van der Waals surface area (Å²) in [6.07, 6.45) is 6.47. The van der Waals surface area contributed by atoms with Gasteiger partial charge in [0.1, 0.15) is 11.4 Å². The number of aryl methyl sites for hydroxylation is 1. The molecular formula is C14H22N2O3. The van der Waals surface area contributed by atoms with Crippen molar-refractivity contribution in [2.45, 2.75) is 46.0 Å². The van der Waals surface area contributed by atoms with Crippen molar-refractivity contribution in [2.75, 3.05) is 18.5 Å². The number of esters is 1. The molecule has 19 heavy (non-hydrogen) atoms. The Morgan fingerprint density at radius 2 is 2.16 bits per heavy atom. The second-order valence-electron chi connectivity index (χ2n) is 5.08. The minimum atomic E-state index is -0.450. The maximum absolute atomic E-state index is 11.7. The summed E-state index contributed by atoms with van der Waals surface area (Å²) in [5, 5.41) is 7.16. The zero-order valence-corrected chi connectivity index (χ0v) is 11.7. The SMILES string of the molecule is CCOC(=O)c1onc(C)c1NCC1CCCCC1. The van der Waals surface area contributed by atoms with E-state index in [1.807, 2.05) is 6.92 Å². The van der Waals surface area contributed by atoms with Crippen molar-refractivity contribution in [3.05, 3.63) is 11.5 Å². The molecule has 1 N–H and O–H groups in total. The van der Waals surface area contributed by atoms with E-state index in [1.165, 1.54) is 32.1 Å². The average Bonchev–Trinajstić information content (AvgIpc) is 2.79. The van der Waals surface area contributed by atoms with Crippen LogP contribution in [0.5, 0.6) is 0 Å². The molecule has 1 aliphatic carbocycles. The second-order valence-corrected chi connectivity index (χ2v) is 5.08. The van der Waals surface area contributed by atoms with Crippen LogP contribution in [0.15, 0.2) is 4.52 Å². The molecule has 0 unspecified atom stereocenters. The Hall–Kier alpha value is -1.52. The van der Waals surface area contributed by atoms with Crippen molar-refractivity contribution < 1.29 is 14.1 Å². The fourth-order valence-electron chi connectivity index (χ4n) is 2.55. The molecule has 0 aliphatic heterocycles. The summed E-state index contributed by atoms with van der Waals surface area (Å²) in [7, 11) is 0. The number of anilines is 1. The number of carbonyl (C=O) groups excluding carboxylic acids is 1. The number of aromatic nitrogens is 1. The average molecular weight is 266 g/mol. The van der Waals surface area contributed by atoms with E-state index in [2.05, 4.69) is 10.5 Å². The maximum atomic E-state index is 11.7. The number of nitrogens with zero attached hydrogens (tertiary/aromatic N) is 1. The number of hydrogen-bond donors (Lipinski definition) is 1. The largest absolute Gasteiger partial charge is 0.460 e. The first-order valence-corrected chi connectivity index (χ1v) is 7.09. The zero-order chi connectivity index (χ0) is 13.7. The van der Waals surface area contributed by atoms with Crippen molar-refractivity contribution in [3.63, 3.8) is 0 Å². The number of rotatable bonds is 5. The van der Waals surface area contributed by atoms with Crippen LogP contribution in [0, 0.1) is 12.8 Å². The van der Waals surface area contributed by atoms with E-state index >= 15 is 0 Å². The molecule has 5 nitrogen and oxygen atoms in total. The quantitative estimate of drug-likeness (QED) is 0.829. The van der Waals surface area contributed by atoms with Crippen molar-refractivity contribution in [3.8, 4) is 0 Å². The molecule has 1 saturated carbocycles. The van der Waals surface area contributed by atoms with Crippen molar-refractivity contribution in [1.82, 2.24) is 5.16 Å². The maximum Gasteiger partial charge on any atom is 0.379 e. The van der Waals surface area contributed by atoms with E-state index in [0.717, 1.165) is 6.54 Å². The predicted octanol–water partition coefficient (Wildman–Crippen LogP) is 3.15. The summed E-state index contributed by atoms with van der Waals surface area (Å²) in [4.78, 5) is 11.7. The summed E-state index contributed by atoms with van der Waals surface area (Å²) >= 11 is 0. The van der Waals surface area contributed by atoms with Crippen LogP contribution >= 0.6 is 0 Å². The van der Waals surface area contributed by atoms with Crippen LogP contribution in [0.4, 0.5) is 5.69 Å². The van der Waals surface area contributed by atoms with Gasteiger partial charge in [-0.1, -0.05) is 24.4 Å². The van der Waals surface area contributed by atoms with E-state index in [0.29, 0.717) is 23.9 Å². The molecule has 0 spiro atoms. The Morgan fingerprint density at radius 3 is 2.84 bits per heavy atom. The molecule has 1 heterocycles. The number of carbonyl (C=O) groups is 1. The van der Waals surface area contributed by atoms with Crippen LogP contribution in [0.25, 0.3) is 0 Å². The van der Waals surface area contributed by atoms with Gasteiger partial charge in [-0.05, 0) is 32.6 Å². The van der Waals surface area contributed by atoms with Gasteiger partial charge in [-0.25, -0.2) is 4.79 Å². The number of hydrogen-bond acceptors (Lipinski definition) is 5. The Labute approximate surface area is 113 Å². The van der Waals surface area contributed by atoms with Crippen LogP contribution in [-0.2, 0) is 4.74 Å². The molecule has 1 aromatic rings. The van der Waals surface area contributed by atoms with Crippen LogP contribution in [0.1, 0.15) is 55.3 Å². The number of nitrogens with one attached hydrogen (secondary N) is 1. The molecule has 1 fully saturated rings. The fraction of sp³-hybridized carbons (Fsp3) is 0.714. The summed E-state index contributed by atoms with van der Waals surface area (Å²) < 4.78 is 10.0. The van der Waals surface area contributed by atoms with Gasteiger partial charge in [0.25, 0.3) is 5.76 Å². The van der Waals surface area contributed by atoms with Crippen LogP contribution in [-0.4, -0.2) is 24.3 Å². The first kappa shape index (κ1) is 13.9. The lowest BCUT2D eigenvalue weighted by atomic mass is 9.89. The van der Waals surface area contributed by atoms with E-state index < -0.39 is 5.97 Å². The van der Waals surface area contributed by atoms with Crippen LogP contribution in [0.2, 0.25) is 0 Å². The van der Waals surface area contributed by atoms with E-state index in [4.69, 9.17) is 9.26 Å². The second kappa shape index (κ2) is 6.59. The molecule has 0 amide bonds.